The molecular weight excluding hydrogens is 414 g/mol. The molecule has 0 unspecified atom stereocenters. The van der Waals surface area contributed by atoms with Crippen LogP contribution in [0.15, 0.2) is 79.0 Å². The van der Waals surface area contributed by atoms with Gasteiger partial charge in [0.15, 0.2) is 0 Å². The van der Waals surface area contributed by atoms with Crippen molar-refractivity contribution in [1.29, 1.82) is 0 Å². The van der Waals surface area contributed by atoms with Crippen LogP contribution in [0, 0.1) is 6.92 Å². The molecule has 0 aliphatic carbocycles. The molecule has 1 aliphatic heterocycles. The van der Waals surface area contributed by atoms with E-state index < -0.39 is 0 Å². The first-order chi connectivity index (χ1) is 15.6. The van der Waals surface area contributed by atoms with E-state index in [-0.39, 0.29) is 0 Å². The van der Waals surface area contributed by atoms with E-state index in [0.29, 0.717) is 0 Å². The Bertz CT molecular complexity index is 1190. The van der Waals surface area contributed by atoms with E-state index >= 15 is 0 Å². The average molecular weight is 442 g/mol. The highest BCUT2D eigenvalue weighted by atomic mass is 35.5. The third-order valence-corrected chi connectivity index (χ3v) is 6.38. The standard InChI is InChI=1S/C28H28ClN3/c1-21-15-23(17-26(29)16-21)19-32-14-4-13-31(20-32)18-22-8-10-24(11-9-22)27-7-2-5-25-6-3-12-30-28(25)27/h2-3,5-12,15-17H,4,13-14,18-20H2,1H3. The van der Waals surface area contributed by atoms with Gasteiger partial charge < -0.3 is 0 Å². The zero-order chi connectivity index (χ0) is 21.9. The SMILES string of the molecule is Cc1cc(Cl)cc(CN2CCCN(Cc3ccc(-c4cccc5cccnc45)cc3)C2)c1. The summed E-state index contributed by atoms with van der Waals surface area (Å²) in [4.78, 5) is 9.66. The van der Waals surface area contributed by atoms with Crippen LogP contribution in [0.5, 0.6) is 0 Å². The molecule has 4 aromatic rings. The smallest absolute Gasteiger partial charge is 0.0780 e. The predicted octanol–water partition coefficient (Wildman–Crippen LogP) is 6.53. The predicted molar refractivity (Wildman–Crippen MR) is 134 cm³/mol. The minimum Gasteiger partial charge on any atom is -0.286 e. The molecule has 1 aromatic heterocycles. The number of para-hydroxylation sites is 1. The maximum Gasteiger partial charge on any atom is 0.0780 e. The Kier molecular flexibility index (Phi) is 6.22. The van der Waals surface area contributed by atoms with Crippen molar-refractivity contribution >= 4 is 22.5 Å². The maximum atomic E-state index is 6.26. The maximum absolute atomic E-state index is 6.26. The summed E-state index contributed by atoms with van der Waals surface area (Å²) in [6, 6.07) is 25.8. The van der Waals surface area contributed by atoms with Crippen molar-refractivity contribution in [2.75, 3.05) is 19.8 Å². The van der Waals surface area contributed by atoms with E-state index in [2.05, 4.69) is 82.4 Å². The van der Waals surface area contributed by atoms with Crippen LogP contribution in [-0.4, -0.2) is 34.5 Å². The molecule has 3 nitrogen and oxygen atoms in total. The van der Waals surface area contributed by atoms with Gasteiger partial charge in [0, 0.05) is 48.3 Å². The Hall–Kier alpha value is -2.72. The fourth-order valence-electron chi connectivity index (χ4n) is 4.75. The second kappa shape index (κ2) is 9.41. The van der Waals surface area contributed by atoms with Crippen LogP contribution in [0.4, 0.5) is 0 Å². The summed E-state index contributed by atoms with van der Waals surface area (Å²) in [5.41, 5.74) is 7.34. The molecule has 1 aliphatic rings. The molecule has 1 saturated heterocycles. The van der Waals surface area contributed by atoms with Crippen molar-refractivity contribution in [3.05, 3.63) is 101 Å². The highest BCUT2D eigenvalue weighted by molar-refractivity contribution is 6.30. The molecule has 0 atom stereocenters. The average Bonchev–Trinajstić information content (AvgIpc) is 2.79. The first-order valence-electron chi connectivity index (χ1n) is 11.3. The second-order valence-electron chi connectivity index (χ2n) is 8.81. The number of hydrogen-bond acceptors (Lipinski definition) is 3. The van der Waals surface area contributed by atoms with Crippen LogP contribution in [0.3, 0.4) is 0 Å². The lowest BCUT2D eigenvalue weighted by Crippen LogP contribution is -2.43. The van der Waals surface area contributed by atoms with Crippen LogP contribution in [-0.2, 0) is 13.1 Å². The molecule has 4 heteroatoms. The molecule has 3 aromatic carbocycles. The fraction of sp³-hybridized carbons (Fsp3) is 0.250. The molecule has 5 rings (SSSR count). The lowest BCUT2D eigenvalue weighted by Gasteiger charge is -2.35. The van der Waals surface area contributed by atoms with Crippen LogP contribution in [0.25, 0.3) is 22.0 Å². The third kappa shape index (κ3) is 4.86. The van der Waals surface area contributed by atoms with Gasteiger partial charge in [0.05, 0.1) is 12.2 Å². The van der Waals surface area contributed by atoms with Crippen molar-refractivity contribution in [3.63, 3.8) is 0 Å². The number of rotatable bonds is 5. The Morgan fingerprint density at radius 2 is 1.59 bits per heavy atom. The molecule has 0 amide bonds. The van der Waals surface area contributed by atoms with Crippen LogP contribution in [0.2, 0.25) is 5.02 Å². The summed E-state index contributed by atoms with van der Waals surface area (Å²) in [6.07, 6.45) is 3.06. The lowest BCUT2D eigenvalue weighted by molar-refractivity contribution is 0.0746. The Morgan fingerprint density at radius 1 is 0.844 bits per heavy atom. The van der Waals surface area contributed by atoms with Crippen molar-refractivity contribution in [2.24, 2.45) is 0 Å². The van der Waals surface area contributed by atoms with Gasteiger partial charge in [0.25, 0.3) is 0 Å². The van der Waals surface area contributed by atoms with E-state index in [9.17, 15) is 0 Å². The fourth-order valence-corrected chi connectivity index (χ4v) is 5.06. The number of fused-ring (bicyclic) bond motifs is 1. The normalized spacial score (nSPS) is 15.3. The largest absolute Gasteiger partial charge is 0.286 e. The quantitative estimate of drug-likeness (QED) is 0.351. The highest BCUT2D eigenvalue weighted by Gasteiger charge is 2.18. The number of aryl methyl sites for hydroxylation is 1. The first-order valence-corrected chi connectivity index (χ1v) is 11.7. The van der Waals surface area contributed by atoms with Gasteiger partial charge in [-0.3, -0.25) is 14.8 Å². The zero-order valence-electron chi connectivity index (χ0n) is 18.5. The molecule has 1 fully saturated rings. The van der Waals surface area contributed by atoms with Crippen molar-refractivity contribution in [2.45, 2.75) is 26.4 Å². The number of benzene rings is 3. The molecule has 2 heterocycles. The minimum absolute atomic E-state index is 0.829. The summed E-state index contributed by atoms with van der Waals surface area (Å²) < 4.78 is 0. The van der Waals surface area contributed by atoms with Gasteiger partial charge in [-0.2, -0.15) is 0 Å². The van der Waals surface area contributed by atoms with Gasteiger partial charge in [-0.15, -0.1) is 0 Å². The lowest BCUT2D eigenvalue weighted by atomic mass is 10.0. The van der Waals surface area contributed by atoms with Crippen LogP contribution >= 0.6 is 11.6 Å². The van der Waals surface area contributed by atoms with Crippen molar-refractivity contribution < 1.29 is 0 Å². The summed E-state index contributed by atoms with van der Waals surface area (Å²) >= 11 is 6.26. The first kappa shape index (κ1) is 21.1. The van der Waals surface area contributed by atoms with E-state index in [0.717, 1.165) is 43.4 Å². The molecule has 162 valence electrons. The van der Waals surface area contributed by atoms with E-state index in [1.165, 1.54) is 39.6 Å². The van der Waals surface area contributed by atoms with Gasteiger partial charge in [0.1, 0.15) is 0 Å². The summed E-state index contributed by atoms with van der Waals surface area (Å²) in [6.45, 7) is 7.29. The minimum atomic E-state index is 0.829. The molecule has 0 spiro atoms. The summed E-state index contributed by atoms with van der Waals surface area (Å²) in [7, 11) is 0. The van der Waals surface area contributed by atoms with Gasteiger partial charge >= 0.3 is 0 Å². The topological polar surface area (TPSA) is 19.4 Å². The number of nitrogens with zero attached hydrogens (tertiary/aromatic N) is 3. The van der Waals surface area contributed by atoms with E-state index in [1.54, 1.807) is 0 Å². The molecule has 0 saturated carbocycles. The Morgan fingerprint density at radius 3 is 2.38 bits per heavy atom. The third-order valence-electron chi connectivity index (χ3n) is 6.16. The summed E-state index contributed by atoms with van der Waals surface area (Å²) in [5.74, 6) is 0. The number of halogens is 1. The van der Waals surface area contributed by atoms with Gasteiger partial charge in [-0.1, -0.05) is 66.2 Å². The second-order valence-corrected chi connectivity index (χ2v) is 9.25. The monoisotopic (exact) mass is 441 g/mol. The molecule has 0 bridgehead atoms. The Labute approximate surface area is 195 Å². The van der Waals surface area contributed by atoms with E-state index in [4.69, 9.17) is 11.6 Å². The number of aromatic nitrogens is 1. The van der Waals surface area contributed by atoms with Crippen molar-refractivity contribution in [1.82, 2.24) is 14.8 Å². The zero-order valence-corrected chi connectivity index (χ0v) is 19.2. The molecule has 32 heavy (non-hydrogen) atoms. The summed E-state index contributed by atoms with van der Waals surface area (Å²) in [5, 5.41) is 2.01. The van der Waals surface area contributed by atoms with Crippen LogP contribution in [0.1, 0.15) is 23.1 Å². The number of hydrogen-bond donors (Lipinski definition) is 0. The molecular formula is C28H28ClN3. The Balaban J connectivity index is 1.26. The van der Waals surface area contributed by atoms with Gasteiger partial charge in [-0.25, -0.2) is 0 Å². The van der Waals surface area contributed by atoms with E-state index in [1.807, 2.05) is 18.3 Å². The number of pyridine rings is 1. The highest BCUT2D eigenvalue weighted by Crippen LogP contribution is 2.27. The van der Waals surface area contributed by atoms with Crippen molar-refractivity contribution in [3.8, 4) is 11.1 Å². The molecule has 0 radical (unpaired) electrons. The van der Waals surface area contributed by atoms with Gasteiger partial charge in [0.2, 0.25) is 0 Å². The van der Waals surface area contributed by atoms with Crippen LogP contribution < -0.4 is 0 Å². The molecule has 0 N–H and O–H groups in total. The van der Waals surface area contributed by atoms with Gasteiger partial charge in [-0.05, 0) is 53.8 Å².